The highest BCUT2D eigenvalue weighted by atomic mass is 127. The summed E-state index contributed by atoms with van der Waals surface area (Å²) in [4.78, 5) is 17.4. The van der Waals surface area contributed by atoms with Gasteiger partial charge in [-0.05, 0) is 84.5 Å². The first-order chi connectivity index (χ1) is 19.0. The van der Waals surface area contributed by atoms with Crippen molar-refractivity contribution in [3.05, 3.63) is 117 Å². The van der Waals surface area contributed by atoms with Crippen molar-refractivity contribution in [3.63, 3.8) is 0 Å². The highest BCUT2D eigenvalue weighted by Gasteiger charge is 2.24. The van der Waals surface area contributed by atoms with Gasteiger partial charge < -0.3 is 10.1 Å². The van der Waals surface area contributed by atoms with Crippen LogP contribution in [0.25, 0.3) is 11.0 Å². The molecule has 0 aliphatic heterocycles. The zero-order chi connectivity index (χ0) is 28.6. The molecule has 0 spiro atoms. The van der Waals surface area contributed by atoms with Crippen molar-refractivity contribution in [2.45, 2.75) is 25.3 Å². The summed E-state index contributed by atoms with van der Waals surface area (Å²) in [6.07, 6.45) is 2.95. The van der Waals surface area contributed by atoms with Gasteiger partial charge in [0.05, 0.1) is 10.3 Å². The predicted octanol–water partition coefficient (Wildman–Crippen LogP) is 6.50. The molecule has 0 fully saturated rings. The van der Waals surface area contributed by atoms with Crippen molar-refractivity contribution in [1.29, 1.82) is 0 Å². The molecular weight excluding hydrogens is 651 g/mol. The smallest absolute Gasteiger partial charge is 0.269 e. The molecule has 0 radical (unpaired) electrons. The zero-order valence-corrected chi connectivity index (χ0v) is 24.3. The van der Waals surface area contributed by atoms with Crippen molar-refractivity contribution < 1.29 is 26.7 Å². The van der Waals surface area contributed by atoms with Crippen molar-refractivity contribution >= 4 is 49.6 Å². The number of benzene rings is 3. The molecule has 2 aromatic heterocycles. The standard InChI is InChI=1S/C29H22F2IN3O4S/c1-17-6-8-22(9-7-17)40(37,38)35-16-24(32)27-26(10-11-33-28(27)35)39-25-5-3-4-23(18(25)2)29(36)34-15-19-12-20(30)14-21(31)13-19/h3-14,16H,15H2,1-2H3,(H,34,36). The van der Waals surface area contributed by atoms with Crippen LogP contribution in [0.1, 0.15) is 27.0 Å². The van der Waals surface area contributed by atoms with E-state index in [1.54, 1.807) is 55.5 Å². The Labute approximate surface area is 243 Å². The van der Waals surface area contributed by atoms with Gasteiger partial charge in [-0.2, -0.15) is 0 Å². The first-order valence-electron chi connectivity index (χ1n) is 12.0. The Bertz CT molecular complexity index is 1850. The van der Waals surface area contributed by atoms with E-state index in [4.69, 9.17) is 4.74 Å². The maximum Gasteiger partial charge on any atom is 0.269 e. The van der Waals surface area contributed by atoms with E-state index in [1.165, 1.54) is 12.4 Å². The third-order valence-corrected chi connectivity index (χ3v) is 8.75. The minimum atomic E-state index is -3.92. The minimum absolute atomic E-state index is 0.0653. The number of ether oxygens (including phenoxy) is 1. The molecule has 0 atom stereocenters. The number of fused-ring (bicyclic) bond motifs is 1. The van der Waals surface area contributed by atoms with Gasteiger partial charge in [0.1, 0.15) is 23.1 Å². The number of hydrogen-bond acceptors (Lipinski definition) is 5. The Hall–Kier alpha value is -3.84. The van der Waals surface area contributed by atoms with Gasteiger partial charge in [-0.25, -0.2) is 26.2 Å². The van der Waals surface area contributed by atoms with Gasteiger partial charge in [0.25, 0.3) is 15.9 Å². The number of nitrogens with zero attached hydrogens (tertiary/aromatic N) is 2. The highest BCUT2D eigenvalue weighted by molar-refractivity contribution is 14.1. The number of aromatic nitrogens is 2. The van der Waals surface area contributed by atoms with Crippen LogP contribution in [0.4, 0.5) is 8.78 Å². The van der Waals surface area contributed by atoms with Gasteiger partial charge in [-0.15, -0.1) is 0 Å². The van der Waals surface area contributed by atoms with Crippen LogP contribution in [-0.4, -0.2) is 23.3 Å². The van der Waals surface area contributed by atoms with E-state index in [0.717, 1.165) is 27.7 Å². The van der Waals surface area contributed by atoms with Crippen molar-refractivity contribution in [2.75, 3.05) is 0 Å². The average molecular weight is 673 g/mol. The lowest BCUT2D eigenvalue weighted by Gasteiger charge is -2.14. The number of amides is 1. The number of carbonyl (C=O) groups excluding carboxylic acids is 1. The van der Waals surface area contributed by atoms with E-state index in [2.05, 4.69) is 10.3 Å². The Balaban J connectivity index is 1.45. The molecule has 1 N–H and O–H groups in total. The number of hydrogen-bond donors (Lipinski definition) is 1. The molecule has 1 amide bonds. The monoisotopic (exact) mass is 673 g/mol. The van der Waals surface area contributed by atoms with Gasteiger partial charge in [-0.3, -0.25) is 4.79 Å². The van der Waals surface area contributed by atoms with Gasteiger partial charge in [0.15, 0.2) is 5.65 Å². The largest absolute Gasteiger partial charge is 0.456 e. The van der Waals surface area contributed by atoms with Crippen LogP contribution >= 0.6 is 22.6 Å². The van der Waals surface area contributed by atoms with E-state index in [9.17, 15) is 22.0 Å². The highest BCUT2D eigenvalue weighted by Crippen LogP contribution is 2.36. The summed E-state index contributed by atoms with van der Waals surface area (Å²) < 4.78 is 61.8. The van der Waals surface area contributed by atoms with E-state index in [0.29, 0.717) is 31.6 Å². The van der Waals surface area contributed by atoms with E-state index >= 15 is 0 Å². The molecule has 0 saturated heterocycles. The lowest BCUT2D eigenvalue weighted by molar-refractivity contribution is 0.0949. The summed E-state index contributed by atoms with van der Waals surface area (Å²) >= 11 is 2.04. The van der Waals surface area contributed by atoms with E-state index < -0.39 is 27.6 Å². The first kappa shape index (κ1) is 27.7. The molecule has 11 heteroatoms. The molecule has 0 unspecified atom stereocenters. The van der Waals surface area contributed by atoms with Gasteiger partial charge in [-0.1, -0.05) is 23.8 Å². The second kappa shape index (κ2) is 11.0. The number of pyridine rings is 1. The summed E-state index contributed by atoms with van der Waals surface area (Å²) in [6.45, 7) is 3.52. The van der Waals surface area contributed by atoms with Crippen LogP contribution in [0.3, 0.4) is 0 Å². The third kappa shape index (κ3) is 5.43. The van der Waals surface area contributed by atoms with Crippen molar-refractivity contribution in [1.82, 2.24) is 14.3 Å². The van der Waals surface area contributed by atoms with Gasteiger partial charge in [0.2, 0.25) is 0 Å². The van der Waals surface area contributed by atoms with Crippen molar-refractivity contribution in [2.24, 2.45) is 0 Å². The number of nitrogens with one attached hydrogen (secondary N) is 1. The summed E-state index contributed by atoms with van der Waals surface area (Å²) in [6, 6.07) is 16.2. The summed E-state index contributed by atoms with van der Waals surface area (Å²) in [5.41, 5.74) is 2.27. The number of halogens is 3. The molecular formula is C29H22F2IN3O4S. The Morgan fingerprint density at radius 1 is 1.00 bits per heavy atom. The fraction of sp³-hybridized carbons (Fsp3) is 0.103. The van der Waals surface area contributed by atoms with Gasteiger partial charge >= 0.3 is 0 Å². The van der Waals surface area contributed by atoms with E-state index in [1.807, 2.05) is 29.5 Å². The molecule has 5 rings (SSSR count). The Morgan fingerprint density at radius 3 is 2.40 bits per heavy atom. The number of aryl methyl sites for hydroxylation is 1. The maximum atomic E-state index is 13.5. The van der Waals surface area contributed by atoms with Crippen LogP contribution in [0.2, 0.25) is 0 Å². The van der Waals surface area contributed by atoms with E-state index in [-0.39, 0.29) is 22.7 Å². The van der Waals surface area contributed by atoms with Crippen LogP contribution in [0.5, 0.6) is 11.5 Å². The second-order valence-corrected chi connectivity index (χ2v) is 12.1. The van der Waals surface area contributed by atoms with Crippen LogP contribution in [-0.2, 0) is 16.6 Å². The first-order valence-corrected chi connectivity index (χ1v) is 14.5. The van der Waals surface area contributed by atoms with Crippen LogP contribution in [0, 0.1) is 29.1 Å². The number of carbonyl (C=O) groups is 1. The topological polar surface area (TPSA) is 90.3 Å². The zero-order valence-electron chi connectivity index (χ0n) is 21.3. The molecule has 0 aliphatic carbocycles. The molecule has 0 aliphatic rings. The second-order valence-electron chi connectivity index (χ2n) is 9.09. The third-order valence-electron chi connectivity index (χ3n) is 6.27. The summed E-state index contributed by atoms with van der Waals surface area (Å²) in [7, 11) is -3.92. The Kier molecular flexibility index (Phi) is 7.60. The minimum Gasteiger partial charge on any atom is -0.456 e. The molecule has 5 aromatic rings. The lowest BCUT2D eigenvalue weighted by Crippen LogP contribution is -2.23. The summed E-state index contributed by atoms with van der Waals surface area (Å²) in [5, 5.41) is 3.17. The maximum absolute atomic E-state index is 13.5. The molecule has 7 nitrogen and oxygen atoms in total. The van der Waals surface area contributed by atoms with Crippen LogP contribution < -0.4 is 10.1 Å². The molecule has 3 aromatic carbocycles. The van der Waals surface area contributed by atoms with Crippen molar-refractivity contribution in [3.8, 4) is 11.5 Å². The molecule has 40 heavy (non-hydrogen) atoms. The molecule has 204 valence electrons. The fourth-order valence-electron chi connectivity index (χ4n) is 4.23. The average Bonchev–Trinajstić information content (AvgIpc) is 3.26. The SMILES string of the molecule is Cc1ccc(S(=O)(=O)n2cc(I)c3c(Oc4cccc(C(=O)NCc5cc(F)cc(F)c5)c4C)ccnc32)cc1. The quantitative estimate of drug-likeness (QED) is 0.200. The van der Waals surface area contributed by atoms with Crippen LogP contribution in [0.15, 0.2) is 84.0 Å². The molecule has 0 saturated carbocycles. The lowest BCUT2D eigenvalue weighted by atomic mass is 10.1. The number of rotatable bonds is 7. The summed E-state index contributed by atoms with van der Waals surface area (Å²) in [5.74, 6) is -1.16. The molecule has 2 heterocycles. The normalized spacial score (nSPS) is 11.5. The molecule has 0 bridgehead atoms. The van der Waals surface area contributed by atoms with Gasteiger partial charge in [0, 0.05) is 39.7 Å². The fourth-order valence-corrected chi connectivity index (χ4v) is 6.52. The predicted molar refractivity (Wildman–Crippen MR) is 155 cm³/mol. The Morgan fingerprint density at radius 2 is 1.70 bits per heavy atom.